The monoisotopic (exact) mass is 540 g/mol. The molecule has 0 aliphatic carbocycles. The number of benzene rings is 1. The highest BCUT2D eigenvalue weighted by Crippen LogP contribution is 2.35. The van der Waals surface area contributed by atoms with E-state index in [0.717, 1.165) is 67.2 Å². The first-order valence-electron chi connectivity index (χ1n) is 13.9. The van der Waals surface area contributed by atoms with Crippen molar-refractivity contribution in [2.45, 2.75) is 57.1 Å². The van der Waals surface area contributed by atoms with Gasteiger partial charge < -0.3 is 24.0 Å². The van der Waals surface area contributed by atoms with E-state index in [4.69, 9.17) is 19.4 Å². The van der Waals surface area contributed by atoms with Crippen LogP contribution in [0.1, 0.15) is 41.0 Å². The van der Waals surface area contributed by atoms with Gasteiger partial charge in [-0.25, -0.2) is 9.78 Å². The second-order valence-electron chi connectivity index (χ2n) is 10.9. The molecule has 0 spiro atoms. The Bertz CT molecular complexity index is 1510. The summed E-state index contributed by atoms with van der Waals surface area (Å²) in [7, 11) is 0. The Labute approximate surface area is 232 Å². The molecule has 10 heteroatoms. The standard InChI is InChI=1S/C30H32N6O4/c37-30(38)21-4-7-25-26(14-21)35(17-24-10-13-39-24)28(32-25)18-34-15-22-5-6-23(16-34)36(22)27-2-1-3-29(33-27)40-19-20-8-11-31-12-9-20/h1-4,7-9,11-12,14,22-24H,5-6,10,13,15-19H2,(H,37,38)/t22?,23?,24-/m0/s1. The van der Waals surface area contributed by atoms with Gasteiger partial charge in [0.15, 0.2) is 0 Å². The van der Waals surface area contributed by atoms with Gasteiger partial charge in [-0.15, -0.1) is 0 Å². The quantitative estimate of drug-likeness (QED) is 0.340. The van der Waals surface area contributed by atoms with E-state index in [-0.39, 0.29) is 11.7 Å². The van der Waals surface area contributed by atoms with Crippen molar-refractivity contribution in [3.05, 3.63) is 77.9 Å². The first-order chi connectivity index (χ1) is 19.6. The third kappa shape index (κ3) is 4.89. The lowest BCUT2D eigenvalue weighted by Crippen LogP contribution is -2.54. The number of imidazole rings is 1. The summed E-state index contributed by atoms with van der Waals surface area (Å²) >= 11 is 0. The minimum absolute atomic E-state index is 0.150. The zero-order chi connectivity index (χ0) is 27.1. The third-order valence-corrected chi connectivity index (χ3v) is 8.29. The average molecular weight is 541 g/mol. The van der Waals surface area contributed by atoms with Gasteiger partial charge in [-0.2, -0.15) is 4.98 Å². The van der Waals surface area contributed by atoms with Crippen molar-refractivity contribution in [1.29, 1.82) is 0 Å². The maximum absolute atomic E-state index is 11.6. The molecular formula is C30H32N6O4. The Balaban J connectivity index is 1.08. The largest absolute Gasteiger partial charge is 0.478 e. The molecule has 3 saturated heterocycles. The normalized spacial score (nSPS) is 22.4. The molecule has 7 rings (SSSR count). The number of aromatic carboxylic acids is 1. The lowest BCUT2D eigenvalue weighted by Gasteiger charge is -2.41. The fourth-order valence-corrected chi connectivity index (χ4v) is 6.22. The molecule has 3 fully saturated rings. The van der Waals surface area contributed by atoms with Gasteiger partial charge in [0.05, 0.1) is 35.8 Å². The summed E-state index contributed by atoms with van der Waals surface area (Å²) in [5, 5.41) is 9.54. The van der Waals surface area contributed by atoms with E-state index < -0.39 is 5.97 Å². The van der Waals surface area contributed by atoms with Crippen LogP contribution in [0.15, 0.2) is 60.9 Å². The van der Waals surface area contributed by atoms with Crippen LogP contribution in [0.5, 0.6) is 5.88 Å². The summed E-state index contributed by atoms with van der Waals surface area (Å²) in [6, 6.07) is 15.8. The number of hydrogen-bond donors (Lipinski definition) is 1. The van der Waals surface area contributed by atoms with Crippen LogP contribution in [0.4, 0.5) is 5.82 Å². The molecule has 10 nitrogen and oxygen atoms in total. The summed E-state index contributed by atoms with van der Waals surface area (Å²) in [5.41, 5.74) is 3.03. The summed E-state index contributed by atoms with van der Waals surface area (Å²) < 4.78 is 13.9. The SMILES string of the molecule is O=C(O)c1ccc2nc(CN3CC4CCC(C3)N4c3cccc(OCc4ccncc4)n3)n(C[C@@H]3CCO3)c2c1. The molecule has 1 N–H and O–H groups in total. The molecule has 0 saturated carbocycles. The Hall–Kier alpha value is -4.02. The predicted octanol–water partition coefficient (Wildman–Crippen LogP) is 3.75. The van der Waals surface area contributed by atoms with Crippen molar-refractivity contribution in [2.24, 2.45) is 0 Å². The van der Waals surface area contributed by atoms with Crippen molar-refractivity contribution >= 4 is 22.8 Å². The van der Waals surface area contributed by atoms with E-state index in [1.165, 1.54) is 0 Å². The maximum Gasteiger partial charge on any atom is 0.335 e. The predicted molar refractivity (Wildman–Crippen MR) is 148 cm³/mol. The van der Waals surface area contributed by atoms with Gasteiger partial charge >= 0.3 is 5.97 Å². The lowest BCUT2D eigenvalue weighted by molar-refractivity contribution is -0.0592. The van der Waals surface area contributed by atoms with Crippen LogP contribution in [0.25, 0.3) is 11.0 Å². The number of pyridine rings is 2. The van der Waals surface area contributed by atoms with Gasteiger partial charge in [0.2, 0.25) is 5.88 Å². The number of fused-ring (bicyclic) bond motifs is 3. The van der Waals surface area contributed by atoms with E-state index in [1.807, 2.05) is 30.3 Å². The highest BCUT2D eigenvalue weighted by molar-refractivity contribution is 5.92. The number of rotatable bonds is 9. The van der Waals surface area contributed by atoms with Gasteiger partial charge in [0, 0.05) is 50.2 Å². The van der Waals surface area contributed by atoms with Crippen molar-refractivity contribution in [1.82, 2.24) is 24.4 Å². The molecule has 2 bridgehead atoms. The van der Waals surface area contributed by atoms with Crippen molar-refractivity contribution in [2.75, 3.05) is 24.6 Å². The van der Waals surface area contributed by atoms with E-state index in [1.54, 1.807) is 24.5 Å². The van der Waals surface area contributed by atoms with Gasteiger partial charge in [0.25, 0.3) is 0 Å². The molecule has 6 heterocycles. The number of hydrogen-bond acceptors (Lipinski definition) is 8. The zero-order valence-electron chi connectivity index (χ0n) is 22.2. The number of nitrogens with zero attached hydrogens (tertiary/aromatic N) is 6. The molecule has 3 aliphatic heterocycles. The fraction of sp³-hybridized carbons (Fsp3) is 0.400. The van der Waals surface area contributed by atoms with Crippen LogP contribution >= 0.6 is 0 Å². The first kappa shape index (κ1) is 25.0. The topological polar surface area (TPSA) is 106 Å². The molecule has 2 unspecified atom stereocenters. The Kier molecular flexibility index (Phi) is 6.57. The van der Waals surface area contributed by atoms with E-state index in [0.29, 0.717) is 37.7 Å². The van der Waals surface area contributed by atoms with Crippen molar-refractivity contribution in [3.8, 4) is 5.88 Å². The summed E-state index contributed by atoms with van der Waals surface area (Å²) in [6.45, 7) is 4.49. The average Bonchev–Trinajstić information content (AvgIpc) is 3.42. The van der Waals surface area contributed by atoms with E-state index in [9.17, 15) is 9.90 Å². The van der Waals surface area contributed by atoms with Crippen LogP contribution in [-0.4, -0.2) is 73.4 Å². The number of carbonyl (C=O) groups is 1. The number of piperazine rings is 1. The van der Waals surface area contributed by atoms with Crippen LogP contribution in [0, 0.1) is 0 Å². The molecule has 3 aromatic heterocycles. The van der Waals surface area contributed by atoms with E-state index in [2.05, 4.69) is 25.4 Å². The van der Waals surface area contributed by atoms with Gasteiger partial charge in [0.1, 0.15) is 18.2 Å². The van der Waals surface area contributed by atoms with Crippen LogP contribution < -0.4 is 9.64 Å². The number of likely N-dealkylation sites (tertiary alicyclic amines) is 1. The maximum atomic E-state index is 11.6. The summed E-state index contributed by atoms with van der Waals surface area (Å²) in [6.07, 6.45) is 6.95. The Morgan fingerprint density at radius 2 is 1.82 bits per heavy atom. The molecule has 40 heavy (non-hydrogen) atoms. The van der Waals surface area contributed by atoms with Crippen LogP contribution in [0.2, 0.25) is 0 Å². The molecule has 0 amide bonds. The van der Waals surface area contributed by atoms with E-state index >= 15 is 0 Å². The third-order valence-electron chi connectivity index (χ3n) is 8.29. The van der Waals surface area contributed by atoms with Gasteiger partial charge in [-0.1, -0.05) is 6.07 Å². The molecule has 0 radical (unpaired) electrons. The molecule has 3 aliphatic rings. The number of anilines is 1. The molecule has 206 valence electrons. The van der Waals surface area contributed by atoms with Gasteiger partial charge in [-0.05, 0) is 61.2 Å². The second-order valence-corrected chi connectivity index (χ2v) is 10.9. The van der Waals surface area contributed by atoms with Crippen LogP contribution in [0.3, 0.4) is 0 Å². The molecule has 4 aromatic rings. The fourth-order valence-electron chi connectivity index (χ4n) is 6.22. The van der Waals surface area contributed by atoms with Crippen LogP contribution in [-0.2, 0) is 24.4 Å². The van der Waals surface area contributed by atoms with Crippen molar-refractivity contribution in [3.63, 3.8) is 0 Å². The first-order valence-corrected chi connectivity index (χ1v) is 13.9. The number of aromatic nitrogens is 4. The smallest absolute Gasteiger partial charge is 0.335 e. The number of carboxylic acids is 1. The minimum Gasteiger partial charge on any atom is -0.478 e. The molecule has 1 aromatic carbocycles. The molecule has 3 atom stereocenters. The lowest BCUT2D eigenvalue weighted by atomic mass is 10.1. The zero-order valence-corrected chi connectivity index (χ0v) is 22.2. The summed E-state index contributed by atoms with van der Waals surface area (Å²) in [4.78, 5) is 30.5. The number of carboxylic acid groups (broad SMARTS) is 1. The van der Waals surface area contributed by atoms with Gasteiger partial charge in [-0.3, -0.25) is 9.88 Å². The second kappa shape index (κ2) is 10.5. The van der Waals surface area contributed by atoms with Crippen molar-refractivity contribution < 1.29 is 19.4 Å². The minimum atomic E-state index is -0.927. The Morgan fingerprint density at radius 3 is 2.55 bits per heavy atom. The number of ether oxygens (including phenoxy) is 2. The molecular weight excluding hydrogens is 508 g/mol. The highest BCUT2D eigenvalue weighted by Gasteiger charge is 2.41. The summed E-state index contributed by atoms with van der Waals surface area (Å²) in [5.74, 6) is 1.63. The Morgan fingerprint density at radius 1 is 1.02 bits per heavy atom. The highest BCUT2D eigenvalue weighted by atomic mass is 16.5.